The molecule has 11 nitrogen and oxygen atoms in total. The number of urea groups is 1. The van der Waals surface area contributed by atoms with Crippen molar-refractivity contribution in [3.8, 4) is 22.6 Å². The van der Waals surface area contributed by atoms with E-state index in [2.05, 4.69) is 42.0 Å². The highest BCUT2D eigenvalue weighted by molar-refractivity contribution is 5.93. The van der Waals surface area contributed by atoms with Crippen molar-refractivity contribution in [2.45, 2.75) is 6.92 Å². The van der Waals surface area contributed by atoms with Gasteiger partial charge in [-0.05, 0) is 36.8 Å². The van der Waals surface area contributed by atoms with Crippen LogP contribution in [0.1, 0.15) is 17.0 Å². The van der Waals surface area contributed by atoms with Gasteiger partial charge in [0.2, 0.25) is 0 Å². The Balaban J connectivity index is 1.32. The average molecular weight is 534 g/mol. The number of rotatable bonds is 6. The van der Waals surface area contributed by atoms with Gasteiger partial charge >= 0.3 is 6.03 Å². The first kappa shape index (κ1) is 25.1. The molecule has 0 radical (unpaired) electrons. The van der Waals surface area contributed by atoms with Crippen LogP contribution in [-0.2, 0) is 4.74 Å². The Bertz CT molecular complexity index is 1720. The second-order valence-electron chi connectivity index (χ2n) is 9.30. The number of amides is 2. The normalized spacial score (nSPS) is 13.9. The highest BCUT2D eigenvalue weighted by Crippen LogP contribution is 2.31. The first-order valence-corrected chi connectivity index (χ1v) is 12.8. The van der Waals surface area contributed by atoms with E-state index in [9.17, 15) is 4.79 Å². The van der Waals surface area contributed by atoms with Crippen molar-refractivity contribution in [3.05, 3.63) is 90.9 Å². The maximum Gasteiger partial charge on any atom is 0.322 e. The average Bonchev–Trinajstić information content (AvgIpc) is 3.59. The number of aryl methyl sites for hydroxylation is 1. The number of ether oxygens (including phenoxy) is 1. The van der Waals surface area contributed by atoms with Crippen LogP contribution in [0, 0.1) is 6.92 Å². The zero-order valence-corrected chi connectivity index (χ0v) is 21.9. The molecule has 0 saturated carbocycles. The molecule has 1 fully saturated rings. The quantitative estimate of drug-likeness (QED) is 0.271. The van der Waals surface area contributed by atoms with E-state index in [1.165, 1.54) is 0 Å². The van der Waals surface area contributed by atoms with Gasteiger partial charge in [-0.1, -0.05) is 18.7 Å². The standard InChI is InChI=1S/C29H27N9O2/c1-3-4-23(19-5-7-30-8-6-19)25-18(2)33-28(35-25)26-24-14-21(16-32-27(24)37-36-26)20-13-22(17-31-15-20)34-29(39)38-9-11-40-12-10-38/h3-8,13-17H,1,9-12H2,2H3,(H,33,35)(H,34,39)(H,32,36,37)/b23-4-. The summed E-state index contributed by atoms with van der Waals surface area (Å²) in [7, 11) is 0. The Labute approximate surface area is 230 Å². The van der Waals surface area contributed by atoms with Crippen molar-refractivity contribution < 1.29 is 9.53 Å². The van der Waals surface area contributed by atoms with Crippen LogP contribution in [0.2, 0.25) is 0 Å². The van der Waals surface area contributed by atoms with Crippen LogP contribution < -0.4 is 5.32 Å². The molecule has 2 amide bonds. The molecule has 6 rings (SSSR count). The maximum atomic E-state index is 12.6. The number of aromatic nitrogens is 7. The number of nitrogens with one attached hydrogen (secondary N) is 3. The number of morpholine rings is 1. The molecule has 1 saturated heterocycles. The molecular weight excluding hydrogens is 506 g/mol. The number of carbonyl (C=O) groups excluding carboxylic acids is 1. The molecule has 3 N–H and O–H groups in total. The molecule has 6 heterocycles. The van der Waals surface area contributed by atoms with E-state index in [-0.39, 0.29) is 6.03 Å². The summed E-state index contributed by atoms with van der Waals surface area (Å²) in [5, 5.41) is 11.2. The fraction of sp³-hybridized carbons (Fsp3) is 0.172. The Morgan fingerprint density at radius 3 is 2.70 bits per heavy atom. The van der Waals surface area contributed by atoms with Crippen molar-refractivity contribution in [1.29, 1.82) is 0 Å². The van der Waals surface area contributed by atoms with E-state index in [4.69, 9.17) is 9.72 Å². The van der Waals surface area contributed by atoms with Gasteiger partial charge in [0.15, 0.2) is 11.5 Å². The van der Waals surface area contributed by atoms with Crippen molar-refractivity contribution in [2.75, 3.05) is 31.6 Å². The van der Waals surface area contributed by atoms with E-state index < -0.39 is 0 Å². The summed E-state index contributed by atoms with van der Waals surface area (Å²) in [6.07, 6.45) is 12.3. The molecule has 0 spiro atoms. The third-order valence-electron chi connectivity index (χ3n) is 6.68. The molecule has 0 unspecified atom stereocenters. The number of hydrogen-bond donors (Lipinski definition) is 3. The number of anilines is 1. The van der Waals surface area contributed by atoms with E-state index in [1.807, 2.05) is 37.3 Å². The van der Waals surface area contributed by atoms with Gasteiger partial charge in [0.25, 0.3) is 0 Å². The number of fused-ring (bicyclic) bond motifs is 1. The highest BCUT2D eigenvalue weighted by atomic mass is 16.5. The van der Waals surface area contributed by atoms with Crippen molar-refractivity contribution in [2.24, 2.45) is 0 Å². The smallest absolute Gasteiger partial charge is 0.322 e. The summed E-state index contributed by atoms with van der Waals surface area (Å²) in [5.74, 6) is 0.641. The fourth-order valence-corrected chi connectivity index (χ4v) is 4.68. The van der Waals surface area contributed by atoms with Crippen LogP contribution in [-0.4, -0.2) is 72.4 Å². The van der Waals surface area contributed by atoms with E-state index in [0.717, 1.165) is 44.7 Å². The minimum absolute atomic E-state index is 0.173. The van der Waals surface area contributed by atoms with Gasteiger partial charge in [0.1, 0.15) is 5.69 Å². The Hall–Kier alpha value is -5.16. The lowest BCUT2D eigenvalue weighted by molar-refractivity contribution is 0.0564. The molecule has 200 valence electrons. The predicted octanol–water partition coefficient (Wildman–Crippen LogP) is 4.60. The summed E-state index contributed by atoms with van der Waals surface area (Å²) in [5.41, 5.74) is 7.16. The largest absolute Gasteiger partial charge is 0.378 e. The lowest BCUT2D eigenvalue weighted by Crippen LogP contribution is -2.43. The third-order valence-corrected chi connectivity index (χ3v) is 6.68. The second-order valence-corrected chi connectivity index (χ2v) is 9.30. The van der Waals surface area contributed by atoms with Gasteiger partial charge in [0.05, 0.1) is 36.2 Å². The molecule has 0 atom stereocenters. The van der Waals surface area contributed by atoms with Crippen molar-refractivity contribution in [1.82, 2.24) is 40.0 Å². The molecular formula is C29H27N9O2. The molecule has 11 heteroatoms. The predicted molar refractivity (Wildman–Crippen MR) is 152 cm³/mol. The fourth-order valence-electron chi connectivity index (χ4n) is 4.68. The molecule has 40 heavy (non-hydrogen) atoms. The van der Waals surface area contributed by atoms with E-state index in [1.54, 1.807) is 42.0 Å². The van der Waals surface area contributed by atoms with Gasteiger partial charge in [-0.2, -0.15) is 5.10 Å². The first-order valence-electron chi connectivity index (χ1n) is 12.8. The molecule has 1 aliphatic heterocycles. The minimum atomic E-state index is -0.173. The number of aromatic amines is 2. The van der Waals surface area contributed by atoms with Crippen LogP contribution in [0.5, 0.6) is 0 Å². The Morgan fingerprint density at radius 2 is 1.90 bits per heavy atom. The van der Waals surface area contributed by atoms with Crippen LogP contribution in [0.15, 0.2) is 74.0 Å². The third kappa shape index (κ3) is 4.97. The lowest BCUT2D eigenvalue weighted by atomic mass is 10.0. The summed E-state index contributed by atoms with van der Waals surface area (Å²) >= 11 is 0. The Morgan fingerprint density at radius 1 is 1.10 bits per heavy atom. The van der Waals surface area contributed by atoms with Gasteiger partial charge in [-0.3, -0.25) is 15.1 Å². The van der Waals surface area contributed by atoms with Gasteiger partial charge in [-0.15, -0.1) is 0 Å². The van der Waals surface area contributed by atoms with Crippen molar-refractivity contribution >= 4 is 28.3 Å². The lowest BCUT2D eigenvalue weighted by Gasteiger charge is -2.26. The van der Waals surface area contributed by atoms with Crippen molar-refractivity contribution in [3.63, 3.8) is 0 Å². The summed E-state index contributed by atoms with van der Waals surface area (Å²) < 4.78 is 5.33. The monoisotopic (exact) mass is 533 g/mol. The molecule has 0 bridgehead atoms. The number of carbonyl (C=O) groups is 1. The number of nitrogens with zero attached hydrogens (tertiary/aromatic N) is 6. The molecule has 0 aromatic carbocycles. The minimum Gasteiger partial charge on any atom is -0.378 e. The van der Waals surface area contributed by atoms with Gasteiger partial charge in [0, 0.05) is 60.3 Å². The molecule has 1 aliphatic rings. The Kier molecular flexibility index (Phi) is 6.86. The molecule has 5 aromatic rings. The highest BCUT2D eigenvalue weighted by Gasteiger charge is 2.19. The number of allylic oxidation sites excluding steroid dienone is 2. The molecule has 5 aromatic heterocycles. The number of hydrogen-bond acceptors (Lipinski definition) is 7. The topological polar surface area (TPSA) is 138 Å². The first-order chi connectivity index (χ1) is 19.6. The maximum absolute atomic E-state index is 12.6. The van der Waals surface area contributed by atoms with E-state index in [0.29, 0.717) is 43.5 Å². The van der Waals surface area contributed by atoms with Crippen LogP contribution in [0.3, 0.4) is 0 Å². The number of pyridine rings is 3. The summed E-state index contributed by atoms with van der Waals surface area (Å²) in [6.45, 7) is 8.05. The number of H-pyrrole nitrogens is 2. The summed E-state index contributed by atoms with van der Waals surface area (Å²) in [6, 6.07) is 7.58. The molecule has 0 aliphatic carbocycles. The van der Waals surface area contributed by atoms with Gasteiger partial charge < -0.3 is 19.9 Å². The van der Waals surface area contributed by atoms with Crippen LogP contribution in [0.4, 0.5) is 10.5 Å². The van der Waals surface area contributed by atoms with Crippen LogP contribution >= 0.6 is 0 Å². The zero-order valence-electron chi connectivity index (χ0n) is 21.9. The summed E-state index contributed by atoms with van der Waals surface area (Å²) in [4.78, 5) is 35.7. The second kappa shape index (κ2) is 10.9. The van der Waals surface area contributed by atoms with Gasteiger partial charge in [-0.25, -0.2) is 14.8 Å². The zero-order chi connectivity index (χ0) is 27.5. The number of imidazole rings is 1. The van der Waals surface area contributed by atoms with Crippen LogP contribution in [0.25, 0.3) is 39.3 Å². The van der Waals surface area contributed by atoms with E-state index >= 15 is 0 Å². The SMILES string of the molecule is C=C/C=C(/c1ccncc1)c1nc(-c2[nH]nc3ncc(-c4cncc(NC(=O)N5CCOCC5)c4)cc23)[nH]c1C.